The highest BCUT2D eigenvalue weighted by atomic mass is 35.5. The van der Waals surface area contributed by atoms with Crippen LogP contribution in [-0.2, 0) is 12.7 Å². The molecule has 0 spiro atoms. The van der Waals surface area contributed by atoms with Crippen LogP contribution >= 0.6 is 11.6 Å². The molecule has 0 saturated carbocycles. The Kier molecular flexibility index (Phi) is 3.72. The predicted molar refractivity (Wildman–Crippen MR) is 72.9 cm³/mol. The third kappa shape index (κ3) is 3.00. The molecule has 0 aliphatic heterocycles. The van der Waals surface area contributed by atoms with Crippen molar-refractivity contribution in [3.8, 4) is 0 Å². The Bertz CT molecular complexity index is 858. The van der Waals surface area contributed by atoms with Crippen LogP contribution in [0, 0.1) is 0 Å². The normalized spacial score (nSPS) is 11.8. The second-order valence-corrected chi connectivity index (χ2v) is 4.99. The first-order valence-electron chi connectivity index (χ1n) is 6.27. The summed E-state index contributed by atoms with van der Waals surface area (Å²) in [4.78, 5) is 11.8. The molecule has 0 aromatic carbocycles. The first-order chi connectivity index (χ1) is 10.9. The molecule has 0 aliphatic carbocycles. The summed E-state index contributed by atoms with van der Waals surface area (Å²) in [6.07, 6.45) is -1.15. The van der Waals surface area contributed by atoms with Gasteiger partial charge in [0.15, 0.2) is 11.5 Å². The van der Waals surface area contributed by atoms with Crippen molar-refractivity contribution in [1.29, 1.82) is 0 Å². The molecule has 0 unspecified atom stereocenters. The number of fused-ring (bicyclic) bond motifs is 1. The maximum absolute atomic E-state index is 12.8. The number of halogens is 4. The van der Waals surface area contributed by atoms with Crippen molar-refractivity contribution in [3.05, 3.63) is 52.8 Å². The van der Waals surface area contributed by atoms with E-state index >= 15 is 0 Å². The van der Waals surface area contributed by atoms with E-state index in [1.807, 2.05) is 0 Å². The second kappa shape index (κ2) is 5.58. The summed E-state index contributed by atoms with van der Waals surface area (Å²) in [6, 6.07) is 2.23. The first kappa shape index (κ1) is 15.3. The summed E-state index contributed by atoms with van der Waals surface area (Å²) in [5, 5.41) is 9.81. The first-order valence-corrected chi connectivity index (χ1v) is 6.65. The number of nitrogens with one attached hydrogen (secondary N) is 1. The zero-order chi connectivity index (χ0) is 16.6. The van der Waals surface area contributed by atoms with Gasteiger partial charge in [0.25, 0.3) is 5.91 Å². The minimum absolute atomic E-state index is 0.0761. The summed E-state index contributed by atoms with van der Waals surface area (Å²) in [5.41, 5.74) is -0.572. The lowest BCUT2D eigenvalue weighted by Gasteiger charge is -2.09. The van der Waals surface area contributed by atoms with Crippen molar-refractivity contribution in [2.24, 2.45) is 0 Å². The van der Waals surface area contributed by atoms with Crippen molar-refractivity contribution in [2.75, 3.05) is 0 Å². The number of aromatic nitrogens is 3. The van der Waals surface area contributed by atoms with Gasteiger partial charge < -0.3 is 9.73 Å². The Balaban J connectivity index is 1.89. The van der Waals surface area contributed by atoms with Gasteiger partial charge in [-0.05, 0) is 12.1 Å². The van der Waals surface area contributed by atoms with Gasteiger partial charge in [-0.2, -0.15) is 13.2 Å². The molecular weight excluding hydrogens is 337 g/mol. The summed E-state index contributed by atoms with van der Waals surface area (Å²) >= 11 is 5.80. The Morgan fingerprint density at radius 2 is 2.17 bits per heavy atom. The maximum Gasteiger partial charge on any atom is 0.417 e. The number of furan rings is 1. The minimum atomic E-state index is -4.56. The lowest BCUT2D eigenvalue weighted by Crippen LogP contribution is -2.23. The summed E-state index contributed by atoms with van der Waals surface area (Å²) < 4.78 is 44.4. The summed E-state index contributed by atoms with van der Waals surface area (Å²) in [7, 11) is 0. The fourth-order valence-electron chi connectivity index (χ4n) is 1.93. The Morgan fingerprint density at radius 1 is 1.39 bits per heavy atom. The monoisotopic (exact) mass is 344 g/mol. The third-order valence-electron chi connectivity index (χ3n) is 3.05. The van der Waals surface area contributed by atoms with E-state index < -0.39 is 17.6 Å². The van der Waals surface area contributed by atoms with Crippen molar-refractivity contribution < 1.29 is 22.4 Å². The molecule has 6 nitrogen and oxygen atoms in total. The quantitative estimate of drug-likeness (QED) is 0.793. The Morgan fingerprint density at radius 3 is 2.83 bits per heavy atom. The SMILES string of the molecule is O=C(NCc1nnc2c(Cl)cc(C(F)(F)F)cn12)c1ccoc1. The number of hydrogen-bond donors (Lipinski definition) is 1. The van der Waals surface area contributed by atoms with Crippen LogP contribution in [0.1, 0.15) is 21.7 Å². The molecule has 0 radical (unpaired) electrons. The molecule has 3 rings (SSSR count). The molecule has 0 fully saturated rings. The van der Waals surface area contributed by atoms with Crippen LogP contribution < -0.4 is 5.32 Å². The standard InChI is InChI=1S/C13H8ClF3N4O2/c14-9-3-8(13(15,16)17)5-21-10(19-20-11(9)21)4-18-12(22)7-1-2-23-6-7/h1-3,5-6H,4H2,(H,18,22). The van der Waals surface area contributed by atoms with E-state index in [2.05, 4.69) is 15.5 Å². The molecule has 0 aliphatic rings. The fourth-order valence-corrected chi connectivity index (χ4v) is 2.18. The largest absolute Gasteiger partial charge is 0.472 e. The van der Waals surface area contributed by atoms with Gasteiger partial charge in [0.05, 0.1) is 29.0 Å². The maximum atomic E-state index is 12.8. The molecule has 1 N–H and O–H groups in total. The Labute approximate surface area is 131 Å². The molecule has 3 heterocycles. The number of amides is 1. The van der Waals surface area contributed by atoms with Crippen molar-refractivity contribution >= 4 is 23.2 Å². The molecule has 0 bridgehead atoms. The van der Waals surface area contributed by atoms with E-state index in [0.717, 1.165) is 16.7 Å². The number of carbonyl (C=O) groups is 1. The minimum Gasteiger partial charge on any atom is -0.472 e. The van der Waals surface area contributed by atoms with Gasteiger partial charge in [0.2, 0.25) is 0 Å². The molecule has 0 saturated heterocycles. The van der Waals surface area contributed by atoms with Crippen LogP contribution in [0.5, 0.6) is 0 Å². The van der Waals surface area contributed by atoms with Crippen LogP contribution in [0.15, 0.2) is 35.3 Å². The highest BCUT2D eigenvalue weighted by molar-refractivity contribution is 6.33. The number of rotatable bonds is 3. The number of nitrogens with zero attached hydrogens (tertiary/aromatic N) is 3. The van der Waals surface area contributed by atoms with E-state index in [1.54, 1.807) is 0 Å². The summed E-state index contributed by atoms with van der Waals surface area (Å²) in [5.74, 6) is -0.335. The van der Waals surface area contributed by atoms with E-state index in [9.17, 15) is 18.0 Å². The lowest BCUT2D eigenvalue weighted by atomic mass is 10.2. The van der Waals surface area contributed by atoms with Crippen LogP contribution in [0.4, 0.5) is 13.2 Å². The van der Waals surface area contributed by atoms with E-state index in [0.29, 0.717) is 0 Å². The second-order valence-electron chi connectivity index (χ2n) is 4.58. The topological polar surface area (TPSA) is 72.4 Å². The van der Waals surface area contributed by atoms with Gasteiger partial charge in [-0.3, -0.25) is 9.20 Å². The fraction of sp³-hybridized carbons (Fsp3) is 0.154. The molecule has 10 heteroatoms. The van der Waals surface area contributed by atoms with Crippen LogP contribution in [0.3, 0.4) is 0 Å². The van der Waals surface area contributed by atoms with Crippen molar-refractivity contribution in [3.63, 3.8) is 0 Å². The van der Waals surface area contributed by atoms with E-state index in [1.165, 1.54) is 18.6 Å². The van der Waals surface area contributed by atoms with Crippen molar-refractivity contribution in [2.45, 2.75) is 12.7 Å². The number of hydrogen-bond acceptors (Lipinski definition) is 4. The van der Waals surface area contributed by atoms with Gasteiger partial charge in [-0.25, -0.2) is 0 Å². The van der Waals surface area contributed by atoms with Gasteiger partial charge in [-0.1, -0.05) is 11.6 Å². The van der Waals surface area contributed by atoms with Gasteiger partial charge in [-0.15, -0.1) is 10.2 Å². The molecule has 0 atom stereocenters. The van der Waals surface area contributed by atoms with Crippen LogP contribution in [0.25, 0.3) is 5.65 Å². The summed E-state index contributed by atoms with van der Waals surface area (Å²) in [6.45, 7) is -0.122. The molecule has 23 heavy (non-hydrogen) atoms. The van der Waals surface area contributed by atoms with Gasteiger partial charge in [0.1, 0.15) is 6.26 Å². The predicted octanol–water partition coefficient (Wildman–Crippen LogP) is 2.92. The molecule has 3 aromatic heterocycles. The number of pyridine rings is 1. The number of carbonyl (C=O) groups excluding carboxylic acids is 1. The van der Waals surface area contributed by atoms with Crippen LogP contribution in [-0.4, -0.2) is 20.5 Å². The molecule has 1 amide bonds. The van der Waals surface area contributed by atoms with E-state index in [-0.39, 0.29) is 28.6 Å². The van der Waals surface area contributed by atoms with E-state index in [4.69, 9.17) is 16.0 Å². The van der Waals surface area contributed by atoms with Gasteiger partial charge >= 0.3 is 6.18 Å². The molecule has 120 valence electrons. The average Bonchev–Trinajstić information content (AvgIpc) is 3.13. The zero-order valence-corrected chi connectivity index (χ0v) is 12.0. The molecular formula is C13H8ClF3N4O2. The zero-order valence-electron chi connectivity index (χ0n) is 11.3. The molecule has 3 aromatic rings. The van der Waals surface area contributed by atoms with Gasteiger partial charge in [0, 0.05) is 6.20 Å². The smallest absolute Gasteiger partial charge is 0.417 e. The lowest BCUT2D eigenvalue weighted by molar-refractivity contribution is -0.137. The van der Waals surface area contributed by atoms with Crippen LogP contribution in [0.2, 0.25) is 5.02 Å². The number of alkyl halides is 3. The van der Waals surface area contributed by atoms with Crippen molar-refractivity contribution in [1.82, 2.24) is 19.9 Å². The third-order valence-corrected chi connectivity index (χ3v) is 3.33. The highest BCUT2D eigenvalue weighted by Crippen LogP contribution is 2.32. The average molecular weight is 345 g/mol. The Hall–Kier alpha value is -2.55. The highest BCUT2D eigenvalue weighted by Gasteiger charge is 2.32.